The van der Waals surface area contributed by atoms with Crippen LogP contribution in [0.15, 0.2) is 36.9 Å². The number of fused-ring (bicyclic) bond motifs is 2. The number of imidazole rings is 1. The first-order valence-corrected chi connectivity index (χ1v) is 12.2. The van der Waals surface area contributed by atoms with E-state index >= 15 is 0 Å². The number of nitrogens with zero attached hydrogens (tertiary/aromatic N) is 5. The van der Waals surface area contributed by atoms with Crippen LogP contribution in [0, 0.1) is 5.92 Å². The number of hydrogen-bond acceptors (Lipinski definition) is 7. The van der Waals surface area contributed by atoms with Gasteiger partial charge >= 0.3 is 0 Å². The molecule has 1 aromatic carbocycles. The van der Waals surface area contributed by atoms with Gasteiger partial charge in [0, 0.05) is 35.8 Å². The number of rotatable bonds is 5. The van der Waals surface area contributed by atoms with E-state index in [9.17, 15) is 4.39 Å². The summed E-state index contributed by atoms with van der Waals surface area (Å²) in [5, 5.41) is 4.30. The summed E-state index contributed by atoms with van der Waals surface area (Å²) in [5.74, 6) is -0.219. The van der Waals surface area contributed by atoms with Crippen LogP contribution < -0.4 is 10.2 Å². The molecule has 10 heteroatoms. The zero-order chi connectivity index (χ0) is 23.4. The Kier molecular flexibility index (Phi) is 5.38. The van der Waals surface area contributed by atoms with Gasteiger partial charge < -0.3 is 24.3 Å². The second kappa shape index (κ2) is 8.32. The summed E-state index contributed by atoms with van der Waals surface area (Å²) in [6.45, 7) is 5.10. The molecule has 5 atom stereocenters. The van der Waals surface area contributed by atoms with Gasteiger partial charge in [0.2, 0.25) is 0 Å². The predicted octanol–water partition coefficient (Wildman–Crippen LogP) is 4.22. The van der Waals surface area contributed by atoms with Crippen molar-refractivity contribution in [1.29, 1.82) is 0 Å². The van der Waals surface area contributed by atoms with Crippen LogP contribution in [0.5, 0.6) is 0 Å². The lowest BCUT2D eigenvalue weighted by molar-refractivity contribution is -0.160. The van der Waals surface area contributed by atoms with Crippen molar-refractivity contribution in [2.75, 3.05) is 30.0 Å². The highest BCUT2D eigenvalue weighted by Gasteiger charge is 2.54. The zero-order valence-corrected chi connectivity index (χ0v) is 20.0. The molecule has 3 fully saturated rings. The third-order valence-electron chi connectivity index (χ3n) is 7.17. The summed E-state index contributed by atoms with van der Waals surface area (Å²) in [5.41, 5.74) is 2.55. The first kappa shape index (κ1) is 22.0. The molecule has 8 nitrogen and oxygen atoms in total. The number of aromatic nitrogens is 4. The molecular weight excluding hydrogens is 459 g/mol. The van der Waals surface area contributed by atoms with E-state index < -0.39 is 12.5 Å². The molecule has 2 aliphatic heterocycles. The van der Waals surface area contributed by atoms with Gasteiger partial charge in [-0.05, 0) is 44.9 Å². The highest BCUT2D eigenvalue weighted by atomic mass is 35.5. The number of halogens is 2. The van der Waals surface area contributed by atoms with Crippen LogP contribution in [0.25, 0.3) is 11.2 Å². The van der Waals surface area contributed by atoms with Gasteiger partial charge in [-0.1, -0.05) is 17.7 Å². The molecule has 6 rings (SSSR count). The van der Waals surface area contributed by atoms with E-state index in [0.717, 1.165) is 35.9 Å². The van der Waals surface area contributed by atoms with E-state index in [2.05, 4.69) is 31.2 Å². The van der Waals surface area contributed by atoms with E-state index in [1.54, 1.807) is 12.7 Å². The topological polar surface area (TPSA) is 77.3 Å². The second-order valence-corrected chi connectivity index (χ2v) is 10.3. The van der Waals surface area contributed by atoms with Crippen LogP contribution in [0.2, 0.25) is 5.02 Å². The van der Waals surface area contributed by atoms with Gasteiger partial charge in [-0.15, -0.1) is 0 Å². The maximum Gasteiger partial charge on any atom is 0.165 e. The molecule has 0 amide bonds. The average Bonchev–Trinajstić information content (AvgIpc) is 3.56. The van der Waals surface area contributed by atoms with Crippen molar-refractivity contribution in [2.45, 2.75) is 56.8 Å². The Morgan fingerprint density at radius 2 is 2.06 bits per heavy atom. The molecule has 1 saturated carbocycles. The Labute approximate surface area is 202 Å². The molecule has 180 valence electrons. The van der Waals surface area contributed by atoms with E-state index in [0.29, 0.717) is 17.8 Å². The summed E-state index contributed by atoms with van der Waals surface area (Å²) < 4.78 is 28.0. The molecule has 0 spiro atoms. The number of anilines is 2. The third-order valence-corrected chi connectivity index (χ3v) is 7.40. The van der Waals surface area contributed by atoms with Crippen molar-refractivity contribution in [1.82, 2.24) is 19.5 Å². The largest absolute Gasteiger partial charge is 0.369 e. The number of benzene rings is 1. The lowest BCUT2D eigenvalue weighted by Gasteiger charge is -2.23. The summed E-state index contributed by atoms with van der Waals surface area (Å²) in [4.78, 5) is 16.0. The van der Waals surface area contributed by atoms with Crippen molar-refractivity contribution in [3.63, 3.8) is 0 Å². The number of hydrogen-bond donors (Lipinski definition) is 1. The SMILES string of the molecule is CC1(C)O[C@@H]2[C@@H](CF)C[C@@H](n3cnc4c(N[C@H]5CCN(c6cccc(Cl)c6)C5)ncnc43)[C@@H]2O1. The van der Waals surface area contributed by atoms with Crippen molar-refractivity contribution >= 4 is 34.3 Å². The Bertz CT molecular complexity index is 1210. The molecule has 0 unspecified atom stereocenters. The van der Waals surface area contributed by atoms with Crippen LogP contribution in [0.3, 0.4) is 0 Å². The molecule has 4 heterocycles. The molecule has 2 aromatic heterocycles. The molecule has 3 aliphatic rings. The van der Waals surface area contributed by atoms with Gasteiger partial charge in [0.25, 0.3) is 0 Å². The maximum atomic E-state index is 13.8. The molecule has 1 aliphatic carbocycles. The number of alkyl halides is 1. The predicted molar refractivity (Wildman–Crippen MR) is 128 cm³/mol. The minimum atomic E-state index is -0.725. The Balaban J connectivity index is 1.23. The molecule has 0 bridgehead atoms. The first-order valence-electron chi connectivity index (χ1n) is 11.8. The van der Waals surface area contributed by atoms with Gasteiger partial charge in [0.1, 0.15) is 17.9 Å². The summed E-state index contributed by atoms with van der Waals surface area (Å²) >= 11 is 6.17. The van der Waals surface area contributed by atoms with E-state index in [1.807, 2.05) is 36.6 Å². The molecule has 2 saturated heterocycles. The highest BCUT2D eigenvalue weighted by molar-refractivity contribution is 6.30. The van der Waals surface area contributed by atoms with Gasteiger partial charge in [0.15, 0.2) is 17.3 Å². The van der Waals surface area contributed by atoms with Crippen LogP contribution in [0.1, 0.15) is 32.7 Å². The fraction of sp³-hybridized carbons (Fsp3) is 0.542. The maximum absolute atomic E-state index is 13.8. The molecule has 1 N–H and O–H groups in total. The summed E-state index contributed by atoms with van der Waals surface area (Å²) in [6, 6.07) is 8.06. The van der Waals surface area contributed by atoms with Gasteiger partial charge in [-0.2, -0.15) is 0 Å². The van der Waals surface area contributed by atoms with Crippen LogP contribution in [-0.2, 0) is 9.47 Å². The number of ether oxygens (including phenoxy) is 2. The van der Waals surface area contributed by atoms with Crippen molar-refractivity contribution in [2.24, 2.45) is 5.92 Å². The van der Waals surface area contributed by atoms with E-state index in [-0.39, 0.29) is 30.2 Å². The fourth-order valence-corrected chi connectivity index (χ4v) is 5.84. The smallest absolute Gasteiger partial charge is 0.165 e. The Hall–Kier alpha value is -2.49. The summed E-state index contributed by atoms with van der Waals surface area (Å²) in [7, 11) is 0. The number of nitrogens with one attached hydrogen (secondary N) is 1. The van der Waals surface area contributed by atoms with Crippen LogP contribution in [0.4, 0.5) is 15.9 Å². The molecule has 3 aromatic rings. The normalized spacial score (nSPS) is 30.2. The van der Waals surface area contributed by atoms with Crippen molar-refractivity contribution in [3.8, 4) is 0 Å². The monoisotopic (exact) mass is 486 g/mol. The third kappa shape index (κ3) is 3.79. The lowest BCUT2D eigenvalue weighted by atomic mass is 10.1. The standard InChI is InChI=1S/C24H28ClFN6O2/c1-24(2)33-20-14(10-26)8-18(21(20)34-24)32-13-29-19-22(27-12-28-23(19)32)30-16-6-7-31(11-16)17-5-3-4-15(25)9-17/h3-5,9,12-14,16,18,20-21H,6-8,10-11H2,1-2H3,(H,27,28,30)/t14-,16+,18-,20-,21+/m1/s1. The van der Waals surface area contributed by atoms with E-state index in [4.69, 9.17) is 21.1 Å². The van der Waals surface area contributed by atoms with Crippen LogP contribution >= 0.6 is 11.6 Å². The Morgan fingerprint density at radius 1 is 1.21 bits per heavy atom. The summed E-state index contributed by atoms with van der Waals surface area (Å²) in [6.07, 6.45) is 4.43. The van der Waals surface area contributed by atoms with E-state index in [1.165, 1.54) is 0 Å². The second-order valence-electron chi connectivity index (χ2n) is 9.88. The minimum Gasteiger partial charge on any atom is -0.369 e. The minimum absolute atomic E-state index is 0.0925. The Morgan fingerprint density at radius 3 is 2.88 bits per heavy atom. The molecule has 34 heavy (non-hydrogen) atoms. The molecule has 0 radical (unpaired) electrons. The van der Waals surface area contributed by atoms with Gasteiger partial charge in [-0.25, -0.2) is 15.0 Å². The first-order chi connectivity index (χ1) is 16.4. The highest BCUT2D eigenvalue weighted by Crippen LogP contribution is 2.47. The van der Waals surface area contributed by atoms with Crippen molar-refractivity contribution < 1.29 is 13.9 Å². The van der Waals surface area contributed by atoms with Gasteiger partial charge in [-0.3, -0.25) is 4.39 Å². The molecular formula is C24H28ClFN6O2. The zero-order valence-electron chi connectivity index (χ0n) is 19.2. The average molecular weight is 487 g/mol. The van der Waals surface area contributed by atoms with Crippen LogP contribution in [-0.4, -0.2) is 63.3 Å². The lowest BCUT2D eigenvalue weighted by Crippen LogP contribution is -2.27. The van der Waals surface area contributed by atoms with Gasteiger partial charge in [0.05, 0.1) is 25.1 Å². The fourth-order valence-electron chi connectivity index (χ4n) is 5.66. The quantitative estimate of drug-likeness (QED) is 0.578. The van der Waals surface area contributed by atoms with Crippen molar-refractivity contribution in [3.05, 3.63) is 41.9 Å².